The van der Waals surface area contributed by atoms with Gasteiger partial charge in [0.05, 0.1) is 19.1 Å². The lowest BCUT2D eigenvalue weighted by Gasteiger charge is -2.25. The minimum atomic E-state index is 0. The number of thiophene rings is 1. The molecule has 2 aromatic heterocycles. The SMILES string of the molecule is CCNC(=NCC(c1cccs1)N1CCCC1)NCCn1cccn1.I. The molecule has 3 heterocycles. The largest absolute Gasteiger partial charge is 0.357 e. The van der Waals surface area contributed by atoms with Crippen LogP contribution in [0.4, 0.5) is 0 Å². The van der Waals surface area contributed by atoms with Crippen LogP contribution < -0.4 is 10.6 Å². The second-order valence-corrected chi connectivity index (χ2v) is 7.17. The van der Waals surface area contributed by atoms with Crippen LogP contribution in [0.3, 0.4) is 0 Å². The highest BCUT2D eigenvalue weighted by Crippen LogP contribution is 2.28. The van der Waals surface area contributed by atoms with Gasteiger partial charge in [-0.3, -0.25) is 14.6 Å². The summed E-state index contributed by atoms with van der Waals surface area (Å²) in [5.74, 6) is 0.885. The average molecular weight is 488 g/mol. The Kier molecular flexibility index (Phi) is 9.41. The fourth-order valence-corrected chi connectivity index (χ4v) is 4.01. The van der Waals surface area contributed by atoms with E-state index in [-0.39, 0.29) is 24.0 Å². The Bertz CT molecular complexity index is 622. The van der Waals surface area contributed by atoms with E-state index in [0.717, 1.165) is 32.1 Å². The van der Waals surface area contributed by atoms with Gasteiger partial charge < -0.3 is 10.6 Å². The monoisotopic (exact) mass is 488 g/mol. The Morgan fingerprint density at radius 1 is 1.31 bits per heavy atom. The van der Waals surface area contributed by atoms with Crippen LogP contribution in [-0.2, 0) is 6.54 Å². The molecule has 1 aliphatic heterocycles. The molecule has 1 fully saturated rings. The van der Waals surface area contributed by atoms with Gasteiger partial charge in [0.1, 0.15) is 0 Å². The summed E-state index contributed by atoms with van der Waals surface area (Å²) in [5.41, 5.74) is 0. The van der Waals surface area contributed by atoms with Crippen LogP contribution in [0.15, 0.2) is 41.0 Å². The summed E-state index contributed by atoms with van der Waals surface area (Å²) < 4.78 is 1.93. The zero-order chi connectivity index (χ0) is 17.3. The summed E-state index contributed by atoms with van der Waals surface area (Å²) in [6.45, 7) is 7.75. The number of likely N-dealkylation sites (tertiary alicyclic amines) is 1. The van der Waals surface area contributed by atoms with Gasteiger partial charge in [0.2, 0.25) is 0 Å². The maximum Gasteiger partial charge on any atom is 0.191 e. The number of aliphatic imine (C=N–C) groups is 1. The second kappa shape index (κ2) is 11.6. The van der Waals surface area contributed by atoms with E-state index in [9.17, 15) is 0 Å². The summed E-state index contributed by atoms with van der Waals surface area (Å²) >= 11 is 1.84. The lowest BCUT2D eigenvalue weighted by molar-refractivity contribution is 0.255. The van der Waals surface area contributed by atoms with Crippen molar-refractivity contribution in [3.63, 3.8) is 0 Å². The molecule has 2 N–H and O–H groups in total. The van der Waals surface area contributed by atoms with Gasteiger partial charge in [0.15, 0.2) is 5.96 Å². The molecule has 1 saturated heterocycles. The molecule has 6 nitrogen and oxygen atoms in total. The van der Waals surface area contributed by atoms with E-state index >= 15 is 0 Å². The van der Waals surface area contributed by atoms with E-state index < -0.39 is 0 Å². The molecule has 144 valence electrons. The molecule has 0 spiro atoms. The number of halogens is 1. The molecule has 1 aliphatic rings. The van der Waals surface area contributed by atoms with Gasteiger partial charge in [-0.15, -0.1) is 35.3 Å². The Morgan fingerprint density at radius 3 is 2.81 bits per heavy atom. The van der Waals surface area contributed by atoms with Crippen LogP contribution in [0.5, 0.6) is 0 Å². The number of rotatable bonds is 8. The molecule has 3 rings (SSSR count). The standard InChI is InChI=1S/C18H28N6S.HI/c1-2-19-18(20-9-13-24-12-6-8-22-24)21-15-16(17-7-5-14-25-17)23-10-3-4-11-23;/h5-8,12,14,16H,2-4,9-11,13,15H2,1H3,(H2,19,20,21);1H. The van der Waals surface area contributed by atoms with Crippen molar-refractivity contribution in [2.75, 3.05) is 32.7 Å². The zero-order valence-corrected chi connectivity index (χ0v) is 18.5. The van der Waals surface area contributed by atoms with Crippen molar-refractivity contribution in [2.45, 2.75) is 32.4 Å². The molecule has 0 bridgehead atoms. The summed E-state index contributed by atoms with van der Waals surface area (Å²) in [6, 6.07) is 6.71. The zero-order valence-electron chi connectivity index (χ0n) is 15.3. The van der Waals surface area contributed by atoms with E-state index in [1.165, 1.54) is 30.8 Å². The van der Waals surface area contributed by atoms with Gasteiger partial charge >= 0.3 is 0 Å². The smallest absolute Gasteiger partial charge is 0.191 e. The van der Waals surface area contributed by atoms with Crippen LogP contribution in [0, 0.1) is 0 Å². The summed E-state index contributed by atoms with van der Waals surface area (Å²) in [5, 5.41) is 13.2. The predicted molar refractivity (Wildman–Crippen MR) is 119 cm³/mol. The minimum Gasteiger partial charge on any atom is -0.357 e. The first-order chi connectivity index (χ1) is 12.4. The molecular formula is C18H29IN6S. The molecule has 8 heteroatoms. The summed E-state index contributed by atoms with van der Waals surface area (Å²) in [7, 11) is 0. The lowest BCUT2D eigenvalue weighted by Crippen LogP contribution is -2.39. The van der Waals surface area contributed by atoms with Crippen LogP contribution in [0.1, 0.15) is 30.7 Å². The van der Waals surface area contributed by atoms with Crippen molar-refractivity contribution >= 4 is 41.3 Å². The number of aromatic nitrogens is 2. The highest BCUT2D eigenvalue weighted by atomic mass is 127. The molecule has 1 unspecified atom stereocenters. The van der Waals surface area contributed by atoms with Crippen LogP contribution in [0.25, 0.3) is 0 Å². The van der Waals surface area contributed by atoms with Crippen molar-refractivity contribution in [2.24, 2.45) is 4.99 Å². The fraction of sp³-hybridized carbons (Fsp3) is 0.556. The second-order valence-electron chi connectivity index (χ2n) is 6.19. The van der Waals surface area contributed by atoms with Crippen LogP contribution in [0.2, 0.25) is 0 Å². The van der Waals surface area contributed by atoms with Crippen molar-refractivity contribution in [1.29, 1.82) is 0 Å². The van der Waals surface area contributed by atoms with Gasteiger partial charge in [0, 0.05) is 30.4 Å². The van der Waals surface area contributed by atoms with Crippen LogP contribution in [-0.4, -0.2) is 53.4 Å². The van der Waals surface area contributed by atoms with E-state index in [1.807, 2.05) is 28.3 Å². The molecule has 26 heavy (non-hydrogen) atoms. The summed E-state index contributed by atoms with van der Waals surface area (Å²) in [4.78, 5) is 8.85. The average Bonchev–Trinajstić information content (AvgIpc) is 3.38. The number of hydrogen-bond donors (Lipinski definition) is 2. The number of nitrogens with one attached hydrogen (secondary N) is 2. The number of nitrogens with zero attached hydrogens (tertiary/aromatic N) is 4. The molecular weight excluding hydrogens is 459 g/mol. The van der Waals surface area contributed by atoms with Gasteiger partial charge in [-0.25, -0.2) is 0 Å². The van der Waals surface area contributed by atoms with Crippen molar-refractivity contribution in [3.05, 3.63) is 40.8 Å². The third kappa shape index (κ3) is 6.24. The molecule has 0 radical (unpaired) electrons. The summed E-state index contributed by atoms with van der Waals surface area (Å²) in [6.07, 6.45) is 6.38. The predicted octanol–water partition coefficient (Wildman–Crippen LogP) is 2.95. The highest BCUT2D eigenvalue weighted by Gasteiger charge is 2.24. The maximum atomic E-state index is 4.86. The van der Waals surface area contributed by atoms with Crippen molar-refractivity contribution in [3.8, 4) is 0 Å². The van der Waals surface area contributed by atoms with E-state index in [1.54, 1.807) is 6.20 Å². The third-order valence-corrected chi connectivity index (χ3v) is 5.39. The van der Waals surface area contributed by atoms with Crippen LogP contribution >= 0.6 is 35.3 Å². The molecule has 2 aromatic rings. The van der Waals surface area contributed by atoms with Gasteiger partial charge in [0.25, 0.3) is 0 Å². The molecule has 0 amide bonds. The van der Waals surface area contributed by atoms with Gasteiger partial charge in [-0.2, -0.15) is 5.10 Å². The molecule has 0 saturated carbocycles. The third-order valence-electron chi connectivity index (χ3n) is 4.41. The first-order valence-electron chi connectivity index (χ1n) is 9.14. The Labute approximate surface area is 177 Å². The van der Waals surface area contributed by atoms with Crippen molar-refractivity contribution < 1.29 is 0 Å². The Balaban J connectivity index is 0.00000243. The van der Waals surface area contributed by atoms with Gasteiger partial charge in [-0.1, -0.05) is 6.07 Å². The Morgan fingerprint density at radius 2 is 2.15 bits per heavy atom. The lowest BCUT2D eigenvalue weighted by atomic mass is 10.2. The van der Waals surface area contributed by atoms with Gasteiger partial charge in [-0.05, 0) is 50.4 Å². The van der Waals surface area contributed by atoms with E-state index in [0.29, 0.717) is 6.04 Å². The minimum absolute atomic E-state index is 0. The number of hydrogen-bond acceptors (Lipinski definition) is 4. The highest BCUT2D eigenvalue weighted by molar-refractivity contribution is 14.0. The first-order valence-corrected chi connectivity index (χ1v) is 10.0. The quantitative estimate of drug-likeness (QED) is 0.341. The fourth-order valence-electron chi connectivity index (χ4n) is 3.16. The van der Waals surface area contributed by atoms with E-state index in [4.69, 9.17) is 4.99 Å². The normalized spacial score (nSPS) is 16.3. The molecule has 0 aromatic carbocycles. The first kappa shape index (κ1) is 21.2. The maximum absolute atomic E-state index is 4.86. The number of guanidine groups is 1. The topological polar surface area (TPSA) is 57.5 Å². The Hall–Kier alpha value is -1.13. The molecule has 0 aliphatic carbocycles. The van der Waals surface area contributed by atoms with Crippen molar-refractivity contribution in [1.82, 2.24) is 25.3 Å². The molecule has 1 atom stereocenters. The van der Waals surface area contributed by atoms with E-state index in [2.05, 4.69) is 45.1 Å².